The van der Waals surface area contributed by atoms with E-state index in [1.54, 1.807) is 7.05 Å². The van der Waals surface area contributed by atoms with Gasteiger partial charge in [0.2, 0.25) is 0 Å². The number of hydrogen-bond donors (Lipinski definition) is 0. The molecular weight excluding hydrogens is 372 g/mol. The van der Waals surface area contributed by atoms with Crippen molar-refractivity contribution in [1.29, 1.82) is 0 Å². The lowest BCUT2D eigenvalue weighted by molar-refractivity contribution is -0.105. The monoisotopic (exact) mass is 386 g/mol. The van der Waals surface area contributed by atoms with Crippen molar-refractivity contribution in [2.45, 2.75) is 24.9 Å². The molecule has 1 aromatic carbocycles. The number of hydrogen-bond acceptors (Lipinski definition) is 4. The average molecular weight is 386 g/mol. The van der Waals surface area contributed by atoms with Gasteiger partial charge in [0.05, 0.1) is 17.6 Å². The van der Waals surface area contributed by atoms with Crippen LogP contribution in [0, 0.1) is 19.7 Å². The van der Waals surface area contributed by atoms with Crippen LogP contribution in [-0.4, -0.2) is 31.3 Å². The third kappa shape index (κ3) is 3.33. The molecular formula is C16H14F4N4OS. The molecule has 0 atom stereocenters. The smallest absolute Gasteiger partial charge is 0.268 e. The molecule has 0 bridgehead atoms. The molecule has 0 radical (unpaired) electrons. The van der Waals surface area contributed by atoms with E-state index in [4.69, 9.17) is 0 Å². The highest BCUT2D eigenvalue weighted by Gasteiger charge is 2.28. The second-order valence-electron chi connectivity index (χ2n) is 5.78. The molecule has 0 aliphatic carbocycles. The Labute approximate surface area is 149 Å². The predicted octanol–water partition coefficient (Wildman–Crippen LogP) is 3.53. The van der Waals surface area contributed by atoms with E-state index < -0.39 is 23.3 Å². The van der Waals surface area contributed by atoms with Crippen molar-refractivity contribution in [1.82, 2.24) is 19.3 Å². The summed E-state index contributed by atoms with van der Waals surface area (Å²) >= 11 is 0.547. The van der Waals surface area contributed by atoms with Crippen LogP contribution in [0.15, 0.2) is 28.0 Å². The minimum atomic E-state index is -4.35. The van der Waals surface area contributed by atoms with Gasteiger partial charge < -0.3 is 0 Å². The number of alkyl halides is 3. The number of thioether (sulfide) groups is 1. The van der Waals surface area contributed by atoms with E-state index in [1.165, 1.54) is 30.8 Å². The number of aromatic nitrogens is 4. The standard InChI is InChI=1S/C16H14F4N4OS/c1-8-4-11(17)12(5-13(8)26-7-16(18,19)20)24-9(2)22-14-10(15(24)25)6-21-23(14)3/h4-6H,7H2,1-3H3. The minimum Gasteiger partial charge on any atom is -0.268 e. The van der Waals surface area contributed by atoms with Crippen LogP contribution in [0.1, 0.15) is 11.4 Å². The van der Waals surface area contributed by atoms with Gasteiger partial charge in [-0.2, -0.15) is 18.3 Å². The first kappa shape index (κ1) is 18.4. The normalized spacial score (nSPS) is 12.1. The first-order chi connectivity index (χ1) is 12.1. The lowest BCUT2D eigenvalue weighted by Crippen LogP contribution is -2.23. The van der Waals surface area contributed by atoms with Crippen molar-refractivity contribution >= 4 is 22.8 Å². The van der Waals surface area contributed by atoms with Crippen molar-refractivity contribution in [3.63, 3.8) is 0 Å². The molecule has 0 N–H and O–H groups in total. The Morgan fingerprint density at radius 3 is 2.58 bits per heavy atom. The summed E-state index contributed by atoms with van der Waals surface area (Å²) in [6.45, 7) is 3.04. The molecule has 0 aliphatic rings. The SMILES string of the molecule is Cc1cc(F)c(-n2c(C)nc3c(cnn3C)c2=O)cc1SCC(F)(F)F. The molecule has 0 saturated carbocycles. The van der Waals surface area contributed by atoms with Crippen molar-refractivity contribution in [3.05, 3.63) is 45.9 Å². The third-order valence-electron chi connectivity index (χ3n) is 3.81. The third-order valence-corrected chi connectivity index (χ3v) is 5.03. The van der Waals surface area contributed by atoms with E-state index in [1.807, 2.05) is 0 Å². The Balaban J connectivity index is 2.18. The van der Waals surface area contributed by atoms with Gasteiger partial charge in [-0.15, -0.1) is 11.8 Å². The Hall–Kier alpha value is -2.36. The number of halogens is 4. The van der Waals surface area contributed by atoms with Gasteiger partial charge in [-0.25, -0.2) is 9.37 Å². The van der Waals surface area contributed by atoms with Crippen LogP contribution in [-0.2, 0) is 7.05 Å². The van der Waals surface area contributed by atoms with Crippen molar-refractivity contribution in [3.8, 4) is 5.69 Å². The second-order valence-corrected chi connectivity index (χ2v) is 6.80. The highest BCUT2D eigenvalue weighted by molar-refractivity contribution is 7.99. The molecule has 0 aliphatic heterocycles. The molecule has 2 heterocycles. The van der Waals surface area contributed by atoms with Crippen LogP contribution in [0.25, 0.3) is 16.7 Å². The maximum absolute atomic E-state index is 14.5. The summed E-state index contributed by atoms with van der Waals surface area (Å²) in [5.41, 5.74) is 0.0423. The zero-order valence-electron chi connectivity index (χ0n) is 14.1. The first-order valence-electron chi connectivity index (χ1n) is 7.50. The van der Waals surface area contributed by atoms with Crippen LogP contribution in [0.2, 0.25) is 0 Å². The number of aryl methyl sites for hydroxylation is 3. The van der Waals surface area contributed by atoms with Gasteiger partial charge in [-0.3, -0.25) is 14.0 Å². The lowest BCUT2D eigenvalue weighted by atomic mass is 10.2. The Kier molecular flexibility index (Phi) is 4.55. The number of fused-ring (bicyclic) bond motifs is 1. The quantitative estimate of drug-likeness (QED) is 0.511. The van der Waals surface area contributed by atoms with E-state index >= 15 is 0 Å². The molecule has 0 saturated heterocycles. The van der Waals surface area contributed by atoms with Gasteiger partial charge in [-0.1, -0.05) is 0 Å². The zero-order valence-corrected chi connectivity index (χ0v) is 14.9. The molecule has 5 nitrogen and oxygen atoms in total. The van der Waals surface area contributed by atoms with E-state index in [-0.39, 0.29) is 21.8 Å². The van der Waals surface area contributed by atoms with Gasteiger partial charge >= 0.3 is 6.18 Å². The molecule has 3 rings (SSSR count). The maximum atomic E-state index is 14.5. The lowest BCUT2D eigenvalue weighted by Gasteiger charge is -2.14. The summed E-state index contributed by atoms with van der Waals surface area (Å²) in [6.07, 6.45) is -3.03. The molecule has 0 unspecified atom stereocenters. The Morgan fingerprint density at radius 1 is 1.23 bits per heavy atom. The number of nitrogens with zero attached hydrogens (tertiary/aromatic N) is 4. The molecule has 26 heavy (non-hydrogen) atoms. The molecule has 10 heteroatoms. The molecule has 138 valence electrons. The van der Waals surface area contributed by atoms with Gasteiger partial charge in [0, 0.05) is 11.9 Å². The first-order valence-corrected chi connectivity index (χ1v) is 8.48. The van der Waals surface area contributed by atoms with E-state index in [2.05, 4.69) is 10.1 Å². The number of benzene rings is 1. The molecule has 0 fully saturated rings. The summed E-state index contributed by atoms with van der Waals surface area (Å²) in [5, 5.41) is 4.16. The molecule has 0 spiro atoms. The van der Waals surface area contributed by atoms with Crippen LogP contribution in [0.3, 0.4) is 0 Å². The van der Waals surface area contributed by atoms with E-state index in [9.17, 15) is 22.4 Å². The Bertz CT molecular complexity index is 1060. The summed E-state index contributed by atoms with van der Waals surface area (Å²) < 4.78 is 54.5. The second kappa shape index (κ2) is 6.42. The van der Waals surface area contributed by atoms with Crippen LogP contribution < -0.4 is 5.56 Å². The predicted molar refractivity (Wildman–Crippen MR) is 90.3 cm³/mol. The van der Waals surface area contributed by atoms with Crippen molar-refractivity contribution < 1.29 is 17.6 Å². The van der Waals surface area contributed by atoms with Crippen molar-refractivity contribution in [2.24, 2.45) is 7.05 Å². The van der Waals surface area contributed by atoms with Crippen LogP contribution in [0.4, 0.5) is 17.6 Å². The van der Waals surface area contributed by atoms with Crippen molar-refractivity contribution in [2.75, 3.05) is 5.75 Å². The van der Waals surface area contributed by atoms with E-state index in [0.717, 1.165) is 10.6 Å². The zero-order chi connectivity index (χ0) is 19.2. The average Bonchev–Trinajstić information content (AvgIpc) is 2.88. The summed E-state index contributed by atoms with van der Waals surface area (Å²) in [7, 11) is 1.62. The van der Waals surface area contributed by atoms with Gasteiger partial charge in [-0.05, 0) is 31.5 Å². The van der Waals surface area contributed by atoms with E-state index in [0.29, 0.717) is 23.0 Å². The molecule has 0 amide bonds. The fraction of sp³-hybridized carbons (Fsp3) is 0.312. The van der Waals surface area contributed by atoms with Crippen LogP contribution in [0.5, 0.6) is 0 Å². The molecule has 3 aromatic rings. The summed E-state index contributed by atoms with van der Waals surface area (Å²) in [6, 6.07) is 2.37. The van der Waals surface area contributed by atoms with Crippen LogP contribution >= 0.6 is 11.8 Å². The van der Waals surface area contributed by atoms with Gasteiger partial charge in [0.15, 0.2) is 5.65 Å². The largest absolute Gasteiger partial charge is 0.398 e. The summed E-state index contributed by atoms with van der Waals surface area (Å²) in [4.78, 5) is 17.3. The highest BCUT2D eigenvalue weighted by atomic mass is 32.2. The topological polar surface area (TPSA) is 52.7 Å². The maximum Gasteiger partial charge on any atom is 0.398 e. The summed E-state index contributed by atoms with van der Waals surface area (Å²) in [5.74, 6) is -1.61. The Morgan fingerprint density at radius 2 is 1.92 bits per heavy atom. The minimum absolute atomic E-state index is 0.138. The van der Waals surface area contributed by atoms with Gasteiger partial charge in [0.1, 0.15) is 17.0 Å². The highest BCUT2D eigenvalue weighted by Crippen LogP contribution is 2.32. The van der Waals surface area contributed by atoms with Gasteiger partial charge in [0.25, 0.3) is 5.56 Å². The fourth-order valence-electron chi connectivity index (χ4n) is 2.60. The fourth-order valence-corrected chi connectivity index (χ4v) is 3.40. The molecule has 2 aromatic heterocycles. The number of rotatable bonds is 3.